The standard InChI is InChI=1S/C20H19N3O6S2/c1-14-5-3-4-6-19(14)22-30(26,27)17-11-8-16(9-12-17)21-31(28,29)18-10-7-15(2)20(13-18)23(24)25/h3-13,21-22H,1-2H3. The van der Waals surface area contributed by atoms with Gasteiger partial charge in [0, 0.05) is 17.3 Å². The van der Waals surface area contributed by atoms with Crippen molar-refractivity contribution in [1.29, 1.82) is 0 Å². The van der Waals surface area contributed by atoms with Crippen molar-refractivity contribution < 1.29 is 21.8 Å². The first-order chi connectivity index (χ1) is 14.5. The average Bonchev–Trinajstić information content (AvgIpc) is 2.69. The van der Waals surface area contributed by atoms with E-state index in [2.05, 4.69) is 9.44 Å². The number of benzene rings is 3. The Morgan fingerprint density at radius 1 is 0.742 bits per heavy atom. The van der Waals surface area contributed by atoms with Crippen molar-refractivity contribution in [1.82, 2.24) is 0 Å². The Morgan fingerprint density at radius 3 is 1.94 bits per heavy atom. The van der Waals surface area contributed by atoms with E-state index in [1.54, 1.807) is 31.2 Å². The molecule has 9 nitrogen and oxygen atoms in total. The maximum atomic E-state index is 12.6. The number of nitro groups is 1. The third kappa shape index (κ3) is 5.01. The number of nitrogens with one attached hydrogen (secondary N) is 2. The Morgan fingerprint density at radius 2 is 1.32 bits per heavy atom. The molecule has 0 amide bonds. The molecule has 0 spiro atoms. The SMILES string of the molecule is Cc1ccccc1NS(=O)(=O)c1ccc(NS(=O)(=O)c2ccc(C)c([N+](=O)[O-])c2)cc1. The fraction of sp³-hybridized carbons (Fsp3) is 0.100. The van der Waals surface area contributed by atoms with E-state index in [4.69, 9.17) is 0 Å². The number of para-hydroxylation sites is 1. The zero-order chi connectivity index (χ0) is 22.8. The van der Waals surface area contributed by atoms with Crippen molar-refractivity contribution >= 4 is 37.1 Å². The number of anilines is 2. The number of aryl methyl sites for hydroxylation is 2. The van der Waals surface area contributed by atoms with Gasteiger partial charge in [-0.3, -0.25) is 19.6 Å². The van der Waals surface area contributed by atoms with Crippen LogP contribution < -0.4 is 9.44 Å². The molecule has 0 atom stereocenters. The van der Waals surface area contributed by atoms with Crippen molar-refractivity contribution in [2.45, 2.75) is 23.6 Å². The Balaban J connectivity index is 1.82. The van der Waals surface area contributed by atoms with Gasteiger partial charge in [0.1, 0.15) is 0 Å². The molecule has 0 fully saturated rings. The van der Waals surface area contributed by atoms with Crippen molar-refractivity contribution in [2.24, 2.45) is 0 Å². The maximum absolute atomic E-state index is 12.6. The van der Waals surface area contributed by atoms with Gasteiger partial charge in [0.2, 0.25) is 0 Å². The number of rotatable bonds is 7. The fourth-order valence-electron chi connectivity index (χ4n) is 2.76. The lowest BCUT2D eigenvalue weighted by Crippen LogP contribution is -2.15. The highest BCUT2D eigenvalue weighted by Gasteiger charge is 2.21. The van der Waals surface area contributed by atoms with Crippen LogP contribution >= 0.6 is 0 Å². The number of sulfonamides is 2. The summed E-state index contributed by atoms with van der Waals surface area (Å²) in [4.78, 5) is 10.1. The number of nitrogens with zero attached hydrogens (tertiary/aromatic N) is 1. The van der Waals surface area contributed by atoms with Gasteiger partial charge in [0.25, 0.3) is 25.7 Å². The second-order valence-electron chi connectivity index (χ2n) is 6.76. The zero-order valence-corrected chi connectivity index (χ0v) is 18.2. The first-order valence-electron chi connectivity index (χ1n) is 8.96. The van der Waals surface area contributed by atoms with Crippen LogP contribution in [-0.2, 0) is 20.0 Å². The first kappa shape index (κ1) is 22.2. The summed E-state index contributed by atoms with van der Waals surface area (Å²) in [5, 5.41) is 11.1. The average molecular weight is 462 g/mol. The van der Waals surface area contributed by atoms with E-state index in [0.29, 0.717) is 11.3 Å². The Hall–Kier alpha value is -3.44. The minimum absolute atomic E-state index is 0.0512. The topological polar surface area (TPSA) is 135 Å². The van der Waals surface area contributed by atoms with Gasteiger partial charge < -0.3 is 0 Å². The predicted molar refractivity (Wildman–Crippen MR) is 117 cm³/mol. The number of nitro benzene ring substituents is 1. The highest BCUT2D eigenvalue weighted by Crippen LogP contribution is 2.25. The number of hydrogen-bond donors (Lipinski definition) is 2. The lowest BCUT2D eigenvalue weighted by molar-refractivity contribution is -0.385. The molecule has 0 unspecified atom stereocenters. The van der Waals surface area contributed by atoms with E-state index in [1.807, 2.05) is 0 Å². The minimum Gasteiger partial charge on any atom is -0.280 e. The molecule has 0 aliphatic rings. The van der Waals surface area contributed by atoms with Gasteiger partial charge in [0.05, 0.1) is 20.4 Å². The van der Waals surface area contributed by atoms with Gasteiger partial charge >= 0.3 is 0 Å². The summed E-state index contributed by atoms with van der Waals surface area (Å²) in [6.45, 7) is 3.28. The molecule has 11 heteroatoms. The van der Waals surface area contributed by atoms with E-state index in [0.717, 1.165) is 11.6 Å². The first-order valence-corrected chi connectivity index (χ1v) is 11.9. The van der Waals surface area contributed by atoms with Crippen LogP contribution in [0.5, 0.6) is 0 Å². The van der Waals surface area contributed by atoms with Crippen LogP contribution in [-0.4, -0.2) is 21.8 Å². The maximum Gasteiger partial charge on any atom is 0.273 e. The summed E-state index contributed by atoms with van der Waals surface area (Å²) >= 11 is 0. The Labute approximate surface area is 180 Å². The van der Waals surface area contributed by atoms with E-state index >= 15 is 0 Å². The molecule has 162 valence electrons. The van der Waals surface area contributed by atoms with Crippen LogP contribution in [0.1, 0.15) is 11.1 Å². The monoisotopic (exact) mass is 461 g/mol. The molecule has 0 aliphatic heterocycles. The molecule has 0 saturated heterocycles. The van der Waals surface area contributed by atoms with E-state index in [-0.39, 0.29) is 21.2 Å². The second-order valence-corrected chi connectivity index (χ2v) is 10.1. The molecule has 0 heterocycles. The van der Waals surface area contributed by atoms with Crippen LogP contribution in [0, 0.1) is 24.0 Å². The molecule has 2 N–H and O–H groups in total. The van der Waals surface area contributed by atoms with E-state index < -0.39 is 25.0 Å². The summed E-state index contributed by atoms with van der Waals surface area (Å²) in [6.07, 6.45) is 0. The lowest BCUT2D eigenvalue weighted by atomic mass is 10.2. The molecule has 0 radical (unpaired) electrons. The van der Waals surface area contributed by atoms with Crippen molar-refractivity contribution in [3.8, 4) is 0 Å². The summed E-state index contributed by atoms with van der Waals surface area (Å²) in [7, 11) is -7.98. The number of hydrogen-bond acceptors (Lipinski definition) is 6. The second kappa shape index (κ2) is 8.36. The van der Waals surface area contributed by atoms with Crippen LogP contribution in [0.2, 0.25) is 0 Å². The highest BCUT2D eigenvalue weighted by molar-refractivity contribution is 7.93. The Bertz CT molecular complexity index is 1350. The van der Waals surface area contributed by atoms with Crippen molar-refractivity contribution in [2.75, 3.05) is 9.44 Å². The van der Waals surface area contributed by atoms with Gasteiger partial charge in [0.15, 0.2) is 0 Å². The summed E-state index contributed by atoms with van der Waals surface area (Å²) in [6, 6.07) is 15.6. The van der Waals surface area contributed by atoms with Gasteiger partial charge in [-0.15, -0.1) is 0 Å². The third-order valence-corrected chi connectivity index (χ3v) is 7.25. The molecular formula is C20H19N3O6S2. The van der Waals surface area contributed by atoms with E-state index in [1.165, 1.54) is 43.3 Å². The van der Waals surface area contributed by atoms with E-state index in [9.17, 15) is 26.9 Å². The molecule has 3 aromatic rings. The third-order valence-electron chi connectivity index (χ3n) is 4.49. The smallest absolute Gasteiger partial charge is 0.273 e. The Kier molecular flexibility index (Phi) is 6.00. The van der Waals surface area contributed by atoms with Crippen molar-refractivity contribution in [3.63, 3.8) is 0 Å². The molecular weight excluding hydrogens is 442 g/mol. The summed E-state index contributed by atoms with van der Waals surface area (Å²) in [5.41, 5.74) is 1.32. The van der Waals surface area contributed by atoms with Crippen molar-refractivity contribution in [3.05, 3.63) is 88.0 Å². The molecule has 31 heavy (non-hydrogen) atoms. The quantitative estimate of drug-likeness (QED) is 0.406. The highest BCUT2D eigenvalue weighted by atomic mass is 32.2. The predicted octanol–water partition coefficient (Wildman–Crippen LogP) is 3.81. The minimum atomic E-state index is -4.11. The van der Waals surface area contributed by atoms with Crippen LogP contribution in [0.4, 0.5) is 17.1 Å². The zero-order valence-electron chi connectivity index (χ0n) is 16.6. The molecule has 3 rings (SSSR count). The molecule has 0 aromatic heterocycles. The largest absolute Gasteiger partial charge is 0.280 e. The normalized spacial score (nSPS) is 11.7. The molecule has 0 bridgehead atoms. The van der Waals surface area contributed by atoms with Gasteiger partial charge in [-0.25, -0.2) is 16.8 Å². The molecule has 3 aromatic carbocycles. The summed E-state index contributed by atoms with van der Waals surface area (Å²) in [5.74, 6) is 0. The van der Waals surface area contributed by atoms with Gasteiger partial charge in [-0.1, -0.05) is 24.3 Å². The van der Waals surface area contributed by atoms with Crippen LogP contribution in [0.3, 0.4) is 0 Å². The fourth-order valence-corrected chi connectivity index (χ4v) is 4.97. The summed E-state index contributed by atoms with van der Waals surface area (Å²) < 4.78 is 55.1. The van der Waals surface area contributed by atoms with Gasteiger partial charge in [-0.2, -0.15) is 0 Å². The van der Waals surface area contributed by atoms with Crippen LogP contribution in [0.25, 0.3) is 0 Å². The van der Waals surface area contributed by atoms with Gasteiger partial charge in [-0.05, 0) is 55.8 Å². The molecule has 0 saturated carbocycles. The van der Waals surface area contributed by atoms with Crippen LogP contribution in [0.15, 0.2) is 76.5 Å². The lowest BCUT2D eigenvalue weighted by Gasteiger charge is -2.12. The molecule has 0 aliphatic carbocycles.